The van der Waals surface area contributed by atoms with Gasteiger partial charge < -0.3 is 10.6 Å². The Morgan fingerprint density at radius 3 is 2.63 bits per heavy atom. The number of halogens is 1. The number of anilines is 2. The quantitative estimate of drug-likeness (QED) is 0.663. The number of nitrogens with zero attached hydrogens (tertiary/aromatic N) is 2. The Kier molecular flexibility index (Phi) is 6.03. The second-order valence-electron chi connectivity index (χ2n) is 5.88. The number of hydrogen-bond donors (Lipinski definition) is 2. The van der Waals surface area contributed by atoms with E-state index < -0.39 is 0 Å². The van der Waals surface area contributed by atoms with Crippen molar-refractivity contribution in [2.24, 2.45) is 0 Å². The molecule has 0 spiro atoms. The van der Waals surface area contributed by atoms with Crippen molar-refractivity contribution in [2.45, 2.75) is 6.42 Å². The van der Waals surface area contributed by atoms with E-state index in [0.29, 0.717) is 22.6 Å². The molecule has 0 saturated heterocycles. The lowest BCUT2D eigenvalue weighted by atomic mass is 10.1. The van der Waals surface area contributed by atoms with Gasteiger partial charge in [-0.3, -0.25) is 4.79 Å². The van der Waals surface area contributed by atoms with Crippen molar-refractivity contribution < 1.29 is 4.79 Å². The van der Waals surface area contributed by atoms with Crippen molar-refractivity contribution in [3.05, 3.63) is 88.6 Å². The molecule has 0 bridgehead atoms. The lowest BCUT2D eigenvalue weighted by molar-refractivity contribution is 0.102. The van der Waals surface area contributed by atoms with Gasteiger partial charge in [0.05, 0.1) is 17.2 Å². The second kappa shape index (κ2) is 8.84. The van der Waals surface area contributed by atoms with Crippen LogP contribution >= 0.6 is 11.6 Å². The fraction of sp³-hybridized carbons (Fsp3) is 0.0952. The second-order valence-corrected chi connectivity index (χ2v) is 6.32. The van der Waals surface area contributed by atoms with Gasteiger partial charge in [-0.1, -0.05) is 29.8 Å². The normalized spacial score (nSPS) is 10.1. The number of nitrogens with one attached hydrogen (secondary N) is 2. The zero-order valence-electron chi connectivity index (χ0n) is 14.4. The van der Waals surface area contributed by atoms with Crippen molar-refractivity contribution in [3.8, 4) is 6.07 Å². The van der Waals surface area contributed by atoms with Crippen molar-refractivity contribution in [2.75, 3.05) is 17.2 Å². The van der Waals surface area contributed by atoms with Gasteiger partial charge in [0.25, 0.3) is 5.91 Å². The summed E-state index contributed by atoms with van der Waals surface area (Å²) >= 11 is 5.88. The molecule has 1 heterocycles. The predicted molar refractivity (Wildman–Crippen MR) is 107 cm³/mol. The van der Waals surface area contributed by atoms with Gasteiger partial charge in [0, 0.05) is 23.5 Å². The fourth-order valence-electron chi connectivity index (χ4n) is 2.49. The van der Waals surface area contributed by atoms with Crippen LogP contribution in [0.1, 0.15) is 21.5 Å². The number of pyridine rings is 1. The Morgan fingerprint density at radius 1 is 1.11 bits per heavy atom. The van der Waals surface area contributed by atoms with Crippen LogP contribution in [0.4, 0.5) is 11.5 Å². The van der Waals surface area contributed by atoms with E-state index in [0.717, 1.165) is 18.0 Å². The zero-order valence-corrected chi connectivity index (χ0v) is 15.2. The van der Waals surface area contributed by atoms with Crippen LogP contribution in [0.3, 0.4) is 0 Å². The first-order valence-corrected chi connectivity index (χ1v) is 8.78. The van der Waals surface area contributed by atoms with Crippen LogP contribution in [0.5, 0.6) is 0 Å². The highest BCUT2D eigenvalue weighted by molar-refractivity contribution is 6.30. The smallest absolute Gasteiger partial charge is 0.257 e. The number of aromatic nitrogens is 1. The molecular weight excluding hydrogens is 360 g/mol. The van der Waals surface area contributed by atoms with E-state index in [9.17, 15) is 4.79 Å². The lowest BCUT2D eigenvalue weighted by Gasteiger charge is -2.08. The van der Waals surface area contributed by atoms with Gasteiger partial charge in [-0.05, 0) is 54.4 Å². The maximum Gasteiger partial charge on any atom is 0.257 e. The summed E-state index contributed by atoms with van der Waals surface area (Å²) in [7, 11) is 0. The number of hydrogen-bond acceptors (Lipinski definition) is 4. The molecule has 0 saturated carbocycles. The highest BCUT2D eigenvalue weighted by Gasteiger charge is 2.07. The first-order chi connectivity index (χ1) is 13.1. The van der Waals surface area contributed by atoms with E-state index in [1.165, 1.54) is 11.8 Å². The Labute approximate surface area is 162 Å². The van der Waals surface area contributed by atoms with Gasteiger partial charge in [-0.25, -0.2) is 4.98 Å². The van der Waals surface area contributed by atoms with Gasteiger partial charge in [0.1, 0.15) is 5.82 Å². The number of benzene rings is 2. The topological polar surface area (TPSA) is 77.8 Å². The molecule has 5 nitrogen and oxygen atoms in total. The average Bonchev–Trinajstić information content (AvgIpc) is 2.70. The summed E-state index contributed by atoms with van der Waals surface area (Å²) in [6.45, 7) is 0.723. The van der Waals surface area contributed by atoms with Crippen molar-refractivity contribution in [1.82, 2.24) is 4.98 Å². The molecule has 0 radical (unpaired) electrons. The third kappa shape index (κ3) is 5.30. The Morgan fingerprint density at radius 2 is 1.93 bits per heavy atom. The SMILES string of the molecule is N#Cc1cccc(NC(=O)c2ccc(NCCc3ccc(Cl)cc3)nc2)c1. The van der Waals surface area contributed by atoms with Crippen LogP contribution < -0.4 is 10.6 Å². The zero-order chi connectivity index (χ0) is 19.1. The molecule has 6 heteroatoms. The maximum atomic E-state index is 12.3. The van der Waals surface area contributed by atoms with Crippen molar-refractivity contribution in [3.63, 3.8) is 0 Å². The summed E-state index contributed by atoms with van der Waals surface area (Å²) < 4.78 is 0. The third-order valence-corrected chi connectivity index (χ3v) is 4.16. The Bertz CT molecular complexity index is 963. The number of rotatable bonds is 6. The van der Waals surface area contributed by atoms with E-state index >= 15 is 0 Å². The highest BCUT2D eigenvalue weighted by atomic mass is 35.5. The van der Waals surface area contributed by atoms with Crippen LogP contribution in [0.25, 0.3) is 0 Å². The number of nitriles is 1. The minimum Gasteiger partial charge on any atom is -0.370 e. The van der Waals surface area contributed by atoms with E-state index in [2.05, 4.69) is 15.6 Å². The summed E-state index contributed by atoms with van der Waals surface area (Å²) in [5.41, 5.74) is 2.69. The van der Waals surface area contributed by atoms with Crippen LogP contribution in [0.2, 0.25) is 5.02 Å². The standard InChI is InChI=1S/C21H17ClN4O/c22-18-7-4-15(5-8-18)10-11-24-20-9-6-17(14-25-20)21(27)26-19-3-1-2-16(12-19)13-23/h1-9,12,14H,10-11H2,(H,24,25)(H,26,27). The summed E-state index contributed by atoms with van der Waals surface area (Å²) in [4.78, 5) is 16.6. The van der Waals surface area contributed by atoms with Gasteiger partial charge in [0.15, 0.2) is 0 Å². The molecule has 1 aromatic heterocycles. The molecule has 134 valence electrons. The van der Waals surface area contributed by atoms with E-state index in [1.54, 1.807) is 36.4 Å². The molecule has 2 N–H and O–H groups in total. The van der Waals surface area contributed by atoms with Gasteiger partial charge in [-0.15, -0.1) is 0 Å². The Balaban J connectivity index is 1.53. The van der Waals surface area contributed by atoms with Gasteiger partial charge >= 0.3 is 0 Å². The molecule has 0 aliphatic heterocycles. The van der Waals surface area contributed by atoms with Crippen LogP contribution in [-0.4, -0.2) is 17.4 Å². The molecule has 0 unspecified atom stereocenters. The molecule has 0 aliphatic carbocycles. The highest BCUT2D eigenvalue weighted by Crippen LogP contribution is 2.13. The molecule has 1 amide bonds. The number of carbonyl (C=O) groups is 1. The van der Waals surface area contributed by atoms with E-state index in [4.69, 9.17) is 16.9 Å². The van der Waals surface area contributed by atoms with Crippen molar-refractivity contribution in [1.29, 1.82) is 5.26 Å². The summed E-state index contributed by atoms with van der Waals surface area (Å²) in [5, 5.41) is 15.6. The summed E-state index contributed by atoms with van der Waals surface area (Å²) in [6.07, 6.45) is 2.37. The summed E-state index contributed by atoms with van der Waals surface area (Å²) in [6, 6.07) is 20.0. The van der Waals surface area contributed by atoms with Crippen LogP contribution in [-0.2, 0) is 6.42 Å². The van der Waals surface area contributed by atoms with Gasteiger partial charge in [0.2, 0.25) is 0 Å². The van der Waals surface area contributed by atoms with Crippen molar-refractivity contribution >= 4 is 29.0 Å². The summed E-state index contributed by atoms with van der Waals surface area (Å²) in [5.74, 6) is 0.428. The molecule has 27 heavy (non-hydrogen) atoms. The molecule has 2 aromatic carbocycles. The Hall–Kier alpha value is -3.36. The number of amides is 1. The molecule has 3 rings (SSSR count). The molecule has 3 aromatic rings. The molecular formula is C21H17ClN4O. The lowest BCUT2D eigenvalue weighted by Crippen LogP contribution is -2.13. The van der Waals surface area contributed by atoms with Gasteiger partial charge in [-0.2, -0.15) is 5.26 Å². The first-order valence-electron chi connectivity index (χ1n) is 8.40. The monoisotopic (exact) mass is 376 g/mol. The third-order valence-electron chi connectivity index (χ3n) is 3.91. The van der Waals surface area contributed by atoms with E-state index in [-0.39, 0.29) is 5.91 Å². The van der Waals surface area contributed by atoms with Crippen LogP contribution in [0, 0.1) is 11.3 Å². The largest absolute Gasteiger partial charge is 0.370 e. The maximum absolute atomic E-state index is 12.3. The predicted octanol–water partition coefficient (Wildman–Crippen LogP) is 4.51. The van der Waals surface area contributed by atoms with E-state index in [1.807, 2.05) is 30.3 Å². The first kappa shape index (κ1) is 18.4. The minimum atomic E-state index is -0.273. The molecule has 0 fully saturated rings. The fourth-order valence-corrected chi connectivity index (χ4v) is 2.61. The minimum absolute atomic E-state index is 0.273. The molecule has 0 atom stereocenters. The van der Waals surface area contributed by atoms with Crippen LogP contribution in [0.15, 0.2) is 66.9 Å². The number of carbonyl (C=O) groups excluding carboxylic acids is 1. The average molecular weight is 377 g/mol. The molecule has 0 aliphatic rings.